The summed E-state index contributed by atoms with van der Waals surface area (Å²) in [4.78, 5) is 24.4. The summed E-state index contributed by atoms with van der Waals surface area (Å²) in [7, 11) is 0. The zero-order chi connectivity index (χ0) is 20.6. The van der Waals surface area contributed by atoms with Gasteiger partial charge in [0.15, 0.2) is 5.69 Å². The largest absolute Gasteiger partial charge is 0.402 e. The molecule has 2 amide bonds. The number of carbonyl (C=O) groups is 2. The Labute approximate surface area is 162 Å². The van der Waals surface area contributed by atoms with E-state index >= 15 is 0 Å². The van der Waals surface area contributed by atoms with Gasteiger partial charge in [0.1, 0.15) is 5.41 Å². The molecule has 0 aliphatic rings. The van der Waals surface area contributed by atoms with Crippen molar-refractivity contribution < 1.29 is 22.8 Å². The molecule has 0 aliphatic carbocycles. The highest BCUT2D eigenvalue weighted by Gasteiger charge is 2.53. The van der Waals surface area contributed by atoms with Gasteiger partial charge in [-0.05, 0) is 45.9 Å². The van der Waals surface area contributed by atoms with Gasteiger partial charge in [0.05, 0.1) is 5.52 Å². The number of hydrogen-bond donors (Lipinski definition) is 3. The number of nitrogens with one attached hydrogen (secondary N) is 3. The normalized spacial score (nSPS) is 14.7. The van der Waals surface area contributed by atoms with E-state index in [2.05, 4.69) is 36.8 Å². The number of fused-ring (bicyclic) bond motifs is 1. The van der Waals surface area contributed by atoms with E-state index in [0.717, 1.165) is 18.3 Å². The van der Waals surface area contributed by atoms with Crippen molar-refractivity contribution in [2.45, 2.75) is 46.0 Å². The first-order valence-electron chi connectivity index (χ1n) is 8.16. The predicted molar refractivity (Wildman–Crippen MR) is 98.2 cm³/mol. The summed E-state index contributed by atoms with van der Waals surface area (Å²) in [5.74, 6) is -1.65. The minimum absolute atomic E-state index is 0.165. The highest BCUT2D eigenvalue weighted by Crippen LogP contribution is 2.37. The second-order valence-electron chi connectivity index (χ2n) is 6.91. The van der Waals surface area contributed by atoms with E-state index < -0.39 is 35.5 Å². The summed E-state index contributed by atoms with van der Waals surface area (Å²) >= 11 is 3.32. The van der Waals surface area contributed by atoms with Crippen molar-refractivity contribution in [3.63, 3.8) is 0 Å². The van der Waals surface area contributed by atoms with Crippen molar-refractivity contribution in [2.75, 3.05) is 0 Å². The molecule has 0 fully saturated rings. The summed E-state index contributed by atoms with van der Waals surface area (Å²) < 4.78 is 39.7. The first-order chi connectivity index (χ1) is 12.3. The Balaban J connectivity index is 2.06. The maximum atomic E-state index is 13.0. The molecule has 0 spiro atoms. The average molecular weight is 449 g/mol. The van der Waals surface area contributed by atoms with Crippen LogP contribution in [0.15, 0.2) is 22.7 Å². The number of hydrogen-bond acceptors (Lipinski definition) is 3. The molecule has 0 saturated heterocycles. The number of alkyl halides is 3. The number of rotatable bonds is 5. The molecule has 0 aliphatic heterocycles. The molecule has 0 radical (unpaired) electrons. The fraction of sp³-hybridized carbons (Fsp3) is 0.471. The average Bonchev–Trinajstić information content (AvgIpc) is 2.96. The SMILES string of the molecule is CC(NC(=O)c1n[nH]c2cc(Br)ccc12)C(C)NC(=O)C(C)(C)C(F)(F)F. The molecule has 1 heterocycles. The van der Waals surface area contributed by atoms with Crippen LogP contribution in [-0.4, -0.2) is 40.3 Å². The fourth-order valence-electron chi connectivity index (χ4n) is 2.21. The van der Waals surface area contributed by atoms with E-state index in [0.29, 0.717) is 10.9 Å². The fourth-order valence-corrected chi connectivity index (χ4v) is 2.57. The molecule has 2 rings (SSSR count). The molecular weight excluding hydrogens is 429 g/mol. The van der Waals surface area contributed by atoms with Gasteiger partial charge in [-0.2, -0.15) is 18.3 Å². The molecule has 10 heteroatoms. The molecule has 2 unspecified atom stereocenters. The third-order valence-corrected chi connectivity index (χ3v) is 4.98. The third-order valence-electron chi connectivity index (χ3n) is 4.48. The molecule has 1 aromatic heterocycles. The van der Waals surface area contributed by atoms with E-state index in [4.69, 9.17) is 0 Å². The molecule has 0 bridgehead atoms. The Kier molecular flexibility index (Phi) is 5.88. The second kappa shape index (κ2) is 7.49. The highest BCUT2D eigenvalue weighted by atomic mass is 79.9. The zero-order valence-corrected chi connectivity index (χ0v) is 16.7. The van der Waals surface area contributed by atoms with Gasteiger partial charge in [-0.3, -0.25) is 14.7 Å². The Bertz CT molecular complexity index is 863. The number of halogens is 4. The van der Waals surface area contributed by atoms with Crippen molar-refractivity contribution in [3.05, 3.63) is 28.4 Å². The van der Waals surface area contributed by atoms with Gasteiger partial charge < -0.3 is 10.6 Å². The minimum Gasteiger partial charge on any atom is -0.351 e. The maximum Gasteiger partial charge on any atom is 0.402 e. The molecule has 3 N–H and O–H groups in total. The lowest BCUT2D eigenvalue weighted by Gasteiger charge is -2.30. The van der Waals surface area contributed by atoms with Crippen LogP contribution in [0.4, 0.5) is 13.2 Å². The number of amides is 2. The molecule has 2 atom stereocenters. The predicted octanol–water partition coefficient (Wildman–Crippen LogP) is 3.54. The summed E-state index contributed by atoms with van der Waals surface area (Å²) in [6, 6.07) is 3.92. The van der Waals surface area contributed by atoms with Crippen LogP contribution in [0.2, 0.25) is 0 Å². The Hall–Kier alpha value is -2.10. The Morgan fingerprint density at radius 1 is 1.15 bits per heavy atom. The third kappa shape index (κ3) is 4.42. The van der Waals surface area contributed by atoms with E-state index in [9.17, 15) is 22.8 Å². The second-order valence-corrected chi connectivity index (χ2v) is 7.82. The monoisotopic (exact) mass is 448 g/mol. The minimum atomic E-state index is -4.68. The lowest BCUT2D eigenvalue weighted by atomic mass is 9.91. The summed E-state index contributed by atoms with van der Waals surface area (Å²) in [5.41, 5.74) is -1.70. The zero-order valence-electron chi connectivity index (χ0n) is 15.2. The van der Waals surface area contributed by atoms with Crippen molar-refractivity contribution in [1.29, 1.82) is 0 Å². The standard InChI is InChI=1S/C17H20BrF3N4O2/c1-8(9(2)23-15(27)16(3,4)17(19,20)21)22-14(26)13-11-6-5-10(18)7-12(11)24-25-13/h5-9H,1-4H3,(H,22,26)(H,23,27)(H,24,25). The highest BCUT2D eigenvalue weighted by molar-refractivity contribution is 9.10. The first-order valence-corrected chi connectivity index (χ1v) is 8.96. The van der Waals surface area contributed by atoms with Gasteiger partial charge in [-0.15, -0.1) is 0 Å². The van der Waals surface area contributed by atoms with Gasteiger partial charge in [-0.25, -0.2) is 0 Å². The molecule has 0 saturated carbocycles. The van der Waals surface area contributed by atoms with Gasteiger partial charge in [0, 0.05) is 21.9 Å². The van der Waals surface area contributed by atoms with Gasteiger partial charge in [-0.1, -0.05) is 15.9 Å². The molecule has 2 aromatic rings. The van der Waals surface area contributed by atoms with Crippen LogP contribution in [0.25, 0.3) is 10.9 Å². The summed E-state index contributed by atoms with van der Waals surface area (Å²) in [5, 5.41) is 12.3. The first kappa shape index (κ1) is 21.2. The van der Waals surface area contributed by atoms with Crippen LogP contribution >= 0.6 is 15.9 Å². The van der Waals surface area contributed by atoms with Crippen LogP contribution in [0, 0.1) is 5.41 Å². The molecular formula is C17H20BrF3N4O2. The Morgan fingerprint density at radius 3 is 2.33 bits per heavy atom. The van der Waals surface area contributed by atoms with E-state index in [-0.39, 0.29) is 5.69 Å². The number of nitrogens with zero attached hydrogens (tertiary/aromatic N) is 1. The molecule has 27 heavy (non-hydrogen) atoms. The van der Waals surface area contributed by atoms with Gasteiger partial charge in [0.2, 0.25) is 5.91 Å². The smallest absolute Gasteiger partial charge is 0.351 e. The lowest BCUT2D eigenvalue weighted by Crippen LogP contribution is -2.54. The van der Waals surface area contributed by atoms with Crippen molar-refractivity contribution in [3.8, 4) is 0 Å². The van der Waals surface area contributed by atoms with Crippen molar-refractivity contribution in [2.24, 2.45) is 5.41 Å². The van der Waals surface area contributed by atoms with Crippen LogP contribution in [0.5, 0.6) is 0 Å². The topological polar surface area (TPSA) is 86.9 Å². The summed E-state index contributed by atoms with van der Waals surface area (Å²) in [6.45, 7) is 4.74. The summed E-state index contributed by atoms with van der Waals surface area (Å²) in [6.07, 6.45) is -4.68. The lowest BCUT2D eigenvalue weighted by molar-refractivity contribution is -0.211. The maximum absolute atomic E-state index is 13.0. The van der Waals surface area contributed by atoms with Gasteiger partial charge in [0.25, 0.3) is 5.91 Å². The van der Waals surface area contributed by atoms with Crippen LogP contribution in [0.3, 0.4) is 0 Å². The van der Waals surface area contributed by atoms with E-state index in [1.165, 1.54) is 6.92 Å². The van der Waals surface area contributed by atoms with E-state index in [1.807, 2.05) is 0 Å². The van der Waals surface area contributed by atoms with Gasteiger partial charge >= 0.3 is 6.18 Å². The molecule has 6 nitrogen and oxygen atoms in total. The van der Waals surface area contributed by atoms with Crippen LogP contribution < -0.4 is 10.6 Å². The van der Waals surface area contributed by atoms with Crippen molar-refractivity contribution >= 4 is 38.6 Å². The number of carbonyl (C=O) groups excluding carboxylic acids is 2. The molecule has 148 valence electrons. The number of aromatic nitrogens is 2. The number of benzene rings is 1. The number of H-pyrrole nitrogens is 1. The quantitative estimate of drug-likeness (QED) is 0.653. The Morgan fingerprint density at radius 2 is 1.74 bits per heavy atom. The van der Waals surface area contributed by atoms with Crippen LogP contribution in [0.1, 0.15) is 38.2 Å². The number of aromatic amines is 1. The van der Waals surface area contributed by atoms with Crippen LogP contribution in [-0.2, 0) is 4.79 Å². The van der Waals surface area contributed by atoms with Crippen molar-refractivity contribution in [1.82, 2.24) is 20.8 Å². The molecule has 1 aromatic carbocycles. The van der Waals surface area contributed by atoms with E-state index in [1.54, 1.807) is 25.1 Å².